The minimum Gasteiger partial charge on any atom is -0.366 e. The molecule has 0 spiro atoms. The van der Waals surface area contributed by atoms with Crippen LogP contribution in [0, 0.1) is 12.7 Å². The number of rotatable bonds is 5. The maximum Gasteiger partial charge on any atom is 0.259 e. The monoisotopic (exact) mass is 473 g/mol. The molecule has 0 N–H and O–H groups in total. The van der Waals surface area contributed by atoms with Gasteiger partial charge in [0.2, 0.25) is 11.7 Å². The van der Waals surface area contributed by atoms with Crippen molar-refractivity contribution < 1.29 is 13.7 Å². The average Bonchev–Trinajstić information content (AvgIpc) is 3.36. The summed E-state index contributed by atoms with van der Waals surface area (Å²) in [6.07, 6.45) is 1.56. The largest absolute Gasteiger partial charge is 0.366 e. The lowest BCUT2D eigenvalue weighted by atomic mass is 10.1. The van der Waals surface area contributed by atoms with Crippen molar-refractivity contribution in [2.24, 2.45) is 0 Å². The van der Waals surface area contributed by atoms with E-state index in [1.807, 2.05) is 36.1 Å². The third-order valence-corrected chi connectivity index (χ3v) is 6.10. The summed E-state index contributed by atoms with van der Waals surface area (Å²) in [5.41, 5.74) is 2.73. The minimum atomic E-state index is -0.301. The molecule has 4 aromatic rings. The number of aromatic nitrogens is 3. The van der Waals surface area contributed by atoms with Crippen molar-refractivity contribution in [1.29, 1.82) is 0 Å². The first-order valence-corrected chi connectivity index (χ1v) is 11.4. The SMILES string of the molecule is Cc1ccc(-c2noc(-c3ccc(=O)n(CC(=O)N4CCN(c5ccccc5F)CC4)c3)n2)cc1. The number of hydrogen-bond acceptors (Lipinski definition) is 6. The van der Waals surface area contributed by atoms with E-state index < -0.39 is 0 Å². The number of pyridine rings is 1. The van der Waals surface area contributed by atoms with Crippen LogP contribution in [0.3, 0.4) is 0 Å². The maximum absolute atomic E-state index is 14.1. The van der Waals surface area contributed by atoms with Crippen molar-refractivity contribution in [1.82, 2.24) is 19.6 Å². The molecule has 0 aliphatic carbocycles. The molecule has 0 atom stereocenters. The summed E-state index contributed by atoms with van der Waals surface area (Å²) in [5, 5.41) is 4.04. The lowest BCUT2D eigenvalue weighted by Crippen LogP contribution is -2.50. The number of aryl methyl sites for hydroxylation is 1. The van der Waals surface area contributed by atoms with E-state index in [1.165, 1.54) is 16.7 Å². The van der Waals surface area contributed by atoms with Crippen LogP contribution in [0.15, 0.2) is 76.2 Å². The van der Waals surface area contributed by atoms with E-state index in [4.69, 9.17) is 4.52 Å². The van der Waals surface area contributed by atoms with Crippen LogP contribution in [-0.2, 0) is 11.3 Å². The van der Waals surface area contributed by atoms with Crippen LogP contribution >= 0.6 is 0 Å². The summed E-state index contributed by atoms with van der Waals surface area (Å²) >= 11 is 0. The predicted octanol–water partition coefficient (Wildman–Crippen LogP) is 3.36. The van der Waals surface area contributed by atoms with Crippen molar-refractivity contribution in [3.63, 3.8) is 0 Å². The molecule has 2 aromatic carbocycles. The van der Waals surface area contributed by atoms with Gasteiger partial charge in [0, 0.05) is 44.0 Å². The van der Waals surface area contributed by atoms with Gasteiger partial charge in [-0.2, -0.15) is 4.98 Å². The van der Waals surface area contributed by atoms with Gasteiger partial charge in [0.15, 0.2) is 0 Å². The van der Waals surface area contributed by atoms with E-state index in [9.17, 15) is 14.0 Å². The number of anilines is 1. The maximum atomic E-state index is 14.1. The van der Waals surface area contributed by atoms with E-state index in [2.05, 4.69) is 10.1 Å². The number of halogens is 1. The summed E-state index contributed by atoms with van der Waals surface area (Å²) < 4.78 is 20.8. The second-order valence-electron chi connectivity index (χ2n) is 8.49. The van der Waals surface area contributed by atoms with Gasteiger partial charge in [-0.15, -0.1) is 0 Å². The van der Waals surface area contributed by atoms with E-state index in [1.54, 1.807) is 35.4 Å². The van der Waals surface area contributed by atoms with Crippen LogP contribution in [0.5, 0.6) is 0 Å². The van der Waals surface area contributed by atoms with E-state index in [0.29, 0.717) is 43.3 Å². The number of amides is 1. The number of carbonyl (C=O) groups excluding carboxylic acids is 1. The van der Waals surface area contributed by atoms with Crippen LogP contribution < -0.4 is 10.5 Å². The highest BCUT2D eigenvalue weighted by molar-refractivity contribution is 5.76. The topological polar surface area (TPSA) is 84.5 Å². The van der Waals surface area contributed by atoms with E-state index in [0.717, 1.165) is 11.1 Å². The van der Waals surface area contributed by atoms with Crippen molar-refractivity contribution in [3.05, 3.63) is 88.6 Å². The summed E-state index contributed by atoms with van der Waals surface area (Å²) in [6, 6.07) is 17.4. The van der Waals surface area contributed by atoms with Crippen LogP contribution in [0.2, 0.25) is 0 Å². The van der Waals surface area contributed by atoms with Gasteiger partial charge in [-0.1, -0.05) is 47.1 Å². The van der Waals surface area contributed by atoms with Gasteiger partial charge < -0.3 is 18.9 Å². The van der Waals surface area contributed by atoms with Crippen LogP contribution in [-0.4, -0.2) is 51.7 Å². The summed E-state index contributed by atoms with van der Waals surface area (Å²) in [7, 11) is 0. The Kier molecular flexibility index (Phi) is 6.13. The minimum absolute atomic E-state index is 0.106. The zero-order valence-corrected chi connectivity index (χ0v) is 19.2. The fourth-order valence-electron chi connectivity index (χ4n) is 4.09. The second kappa shape index (κ2) is 9.54. The zero-order valence-electron chi connectivity index (χ0n) is 19.2. The normalized spacial score (nSPS) is 13.8. The Morgan fingerprint density at radius 2 is 1.69 bits per heavy atom. The third-order valence-electron chi connectivity index (χ3n) is 6.10. The Balaban J connectivity index is 1.27. The molecular weight excluding hydrogens is 449 g/mol. The molecule has 1 aliphatic heterocycles. The second-order valence-corrected chi connectivity index (χ2v) is 8.49. The van der Waals surface area contributed by atoms with Gasteiger partial charge in [0.25, 0.3) is 11.4 Å². The molecule has 8 nitrogen and oxygen atoms in total. The molecular formula is C26H24FN5O3. The molecule has 1 amide bonds. The Labute approximate surface area is 201 Å². The van der Waals surface area contributed by atoms with Crippen LogP contribution in [0.25, 0.3) is 22.8 Å². The lowest BCUT2D eigenvalue weighted by Gasteiger charge is -2.36. The third kappa shape index (κ3) is 4.84. The molecule has 0 bridgehead atoms. The molecule has 1 saturated heterocycles. The van der Waals surface area contributed by atoms with Gasteiger partial charge >= 0.3 is 0 Å². The van der Waals surface area contributed by atoms with Crippen LogP contribution in [0.4, 0.5) is 10.1 Å². The smallest absolute Gasteiger partial charge is 0.259 e. The summed E-state index contributed by atoms with van der Waals surface area (Å²) in [5.74, 6) is 0.257. The van der Waals surface area contributed by atoms with Crippen molar-refractivity contribution in [3.8, 4) is 22.8 Å². The van der Waals surface area contributed by atoms with E-state index >= 15 is 0 Å². The summed E-state index contributed by atoms with van der Waals surface area (Å²) in [6.45, 7) is 3.83. The van der Waals surface area contributed by atoms with Gasteiger partial charge in [0.1, 0.15) is 12.4 Å². The highest BCUT2D eigenvalue weighted by Crippen LogP contribution is 2.22. The summed E-state index contributed by atoms with van der Waals surface area (Å²) in [4.78, 5) is 33.4. The molecule has 35 heavy (non-hydrogen) atoms. The molecule has 3 heterocycles. The average molecular weight is 474 g/mol. The molecule has 0 saturated carbocycles. The Morgan fingerprint density at radius 3 is 2.43 bits per heavy atom. The van der Waals surface area contributed by atoms with Crippen molar-refractivity contribution >= 4 is 11.6 Å². The quantitative estimate of drug-likeness (QED) is 0.442. The highest BCUT2D eigenvalue weighted by Gasteiger charge is 2.23. The van der Waals surface area contributed by atoms with Gasteiger partial charge in [-0.05, 0) is 25.1 Å². The molecule has 0 radical (unpaired) electrons. The fourth-order valence-corrected chi connectivity index (χ4v) is 4.09. The Bertz CT molecular complexity index is 1410. The number of carbonyl (C=O) groups is 1. The molecule has 1 fully saturated rings. The molecule has 2 aromatic heterocycles. The highest BCUT2D eigenvalue weighted by atomic mass is 19.1. The zero-order chi connectivity index (χ0) is 24.4. The predicted molar refractivity (Wildman–Crippen MR) is 129 cm³/mol. The first-order valence-electron chi connectivity index (χ1n) is 11.4. The molecule has 178 valence electrons. The standard InChI is InChI=1S/C26H24FN5O3/c1-18-6-8-19(9-7-18)25-28-26(35-29-25)20-10-11-23(33)32(16-20)17-24(34)31-14-12-30(13-15-31)22-5-3-2-4-21(22)27/h2-11,16H,12-15,17H2,1H3. The lowest BCUT2D eigenvalue weighted by molar-refractivity contribution is -0.132. The molecule has 5 rings (SSSR count). The van der Waals surface area contributed by atoms with Gasteiger partial charge in [-0.3, -0.25) is 9.59 Å². The molecule has 9 heteroatoms. The van der Waals surface area contributed by atoms with Crippen LogP contribution in [0.1, 0.15) is 5.56 Å². The van der Waals surface area contributed by atoms with E-state index in [-0.39, 0.29) is 29.7 Å². The first-order chi connectivity index (χ1) is 17.0. The molecule has 1 aliphatic rings. The number of hydrogen-bond donors (Lipinski definition) is 0. The number of para-hydroxylation sites is 1. The number of benzene rings is 2. The van der Waals surface area contributed by atoms with Gasteiger partial charge in [-0.25, -0.2) is 4.39 Å². The molecule has 0 unspecified atom stereocenters. The number of piperazine rings is 1. The Hall–Kier alpha value is -4.27. The Morgan fingerprint density at radius 1 is 0.971 bits per heavy atom. The first kappa shape index (κ1) is 22.5. The fraction of sp³-hybridized carbons (Fsp3) is 0.231. The van der Waals surface area contributed by atoms with Crippen molar-refractivity contribution in [2.45, 2.75) is 13.5 Å². The van der Waals surface area contributed by atoms with Crippen molar-refractivity contribution in [2.75, 3.05) is 31.1 Å². The van der Waals surface area contributed by atoms with Gasteiger partial charge in [0.05, 0.1) is 11.3 Å². The number of nitrogens with zero attached hydrogens (tertiary/aromatic N) is 5.